The number of hydrogen-bond acceptors (Lipinski definition) is 4. The van der Waals surface area contributed by atoms with E-state index in [2.05, 4.69) is 5.32 Å². The van der Waals surface area contributed by atoms with Crippen LogP contribution in [-0.4, -0.2) is 62.1 Å². The molecule has 1 fully saturated rings. The predicted octanol–water partition coefficient (Wildman–Crippen LogP) is 3.36. The molecule has 0 aromatic heterocycles. The van der Waals surface area contributed by atoms with Crippen LogP contribution in [-0.2, 0) is 4.79 Å². The van der Waals surface area contributed by atoms with Crippen molar-refractivity contribution in [3.63, 3.8) is 0 Å². The Kier molecular flexibility index (Phi) is 8.17. The van der Waals surface area contributed by atoms with E-state index >= 15 is 0 Å². The van der Waals surface area contributed by atoms with Crippen molar-refractivity contribution in [1.29, 1.82) is 0 Å². The average molecular weight is 406 g/mol. The van der Waals surface area contributed by atoms with Gasteiger partial charge in [-0.05, 0) is 63.8 Å². The Morgan fingerprint density at radius 1 is 1.21 bits per heavy atom. The molecule has 0 unspecified atom stereocenters. The molecule has 0 radical (unpaired) electrons. The average Bonchev–Trinajstić information content (AvgIpc) is 2.74. The lowest BCUT2D eigenvalue weighted by molar-refractivity contribution is -0.127. The molecule has 3 amide bonds. The summed E-state index contributed by atoms with van der Waals surface area (Å²) in [4.78, 5) is 29.2. The van der Waals surface area contributed by atoms with Crippen LogP contribution in [0.2, 0.25) is 0 Å². The number of aryl methyl sites for hydroxylation is 1. The van der Waals surface area contributed by atoms with Gasteiger partial charge >= 0.3 is 6.03 Å². The van der Waals surface area contributed by atoms with Gasteiger partial charge in [-0.15, -0.1) is 0 Å². The number of amides is 3. The highest BCUT2D eigenvalue weighted by Crippen LogP contribution is 2.33. The van der Waals surface area contributed by atoms with Crippen LogP contribution in [0.15, 0.2) is 12.1 Å². The zero-order chi connectivity index (χ0) is 21.6. The third-order valence-electron chi connectivity index (χ3n) is 5.69. The molecule has 0 aliphatic carbocycles. The summed E-state index contributed by atoms with van der Waals surface area (Å²) < 4.78 is 10.7. The SMILES string of the molecule is CCN(CC)C(=O)N1CCC[C@H](C(=O)N[C@H](C)c2cc(OC)c(OC)cc2C)C1. The van der Waals surface area contributed by atoms with E-state index in [-0.39, 0.29) is 23.9 Å². The van der Waals surface area contributed by atoms with Crippen molar-refractivity contribution in [2.24, 2.45) is 5.92 Å². The van der Waals surface area contributed by atoms with Crippen LogP contribution in [0.25, 0.3) is 0 Å². The molecule has 0 bridgehead atoms. The maximum absolute atomic E-state index is 12.9. The number of rotatable bonds is 7. The van der Waals surface area contributed by atoms with Gasteiger partial charge in [0.25, 0.3) is 0 Å². The van der Waals surface area contributed by atoms with Crippen molar-refractivity contribution in [3.05, 3.63) is 23.3 Å². The first-order chi connectivity index (χ1) is 13.9. The van der Waals surface area contributed by atoms with Crippen molar-refractivity contribution >= 4 is 11.9 Å². The summed E-state index contributed by atoms with van der Waals surface area (Å²) in [6, 6.07) is 3.69. The molecular formula is C22H35N3O4. The van der Waals surface area contributed by atoms with Crippen LogP contribution in [0, 0.1) is 12.8 Å². The lowest BCUT2D eigenvalue weighted by Crippen LogP contribution is -2.50. The van der Waals surface area contributed by atoms with Crippen molar-refractivity contribution in [3.8, 4) is 11.5 Å². The normalized spacial score (nSPS) is 17.4. The fourth-order valence-electron chi connectivity index (χ4n) is 3.93. The van der Waals surface area contributed by atoms with Gasteiger partial charge in [0.05, 0.1) is 26.2 Å². The summed E-state index contributed by atoms with van der Waals surface area (Å²) in [6.07, 6.45) is 1.64. The number of carbonyl (C=O) groups excluding carboxylic acids is 2. The summed E-state index contributed by atoms with van der Waals surface area (Å²) >= 11 is 0. The molecule has 1 heterocycles. The molecule has 1 aliphatic heterocycles. The topological polar surface area (TPSA) is 71.1 Å². The number of nitrogens with one attached hydrogen (secondary N) is 1. The Hall–Kier alpha value is -2.44. The number of nitrogens with zero attached hydrogens (tertiary/aromatic N) is 2. The summed E-state index contributed by atoms with van der Waals surface area (Å²) in [7, 11) is 3.21. The second kappa shape index (κ2) is 10.4. The molecule has 162 valence electrons. The zero-order valence-electron chi connectivity index (χ0n) is 18.6. The van der Waals surface area contributed by atoms with Crippen molar-refractivity contribution in [2.75, 3.05) is 40.4 Å². The summed E-state index contributed by atoms with van der Waals surface area (Å²) in [6.45, 7) is 10.4. The fourth-order valence-corrected chi connectivity index (χ4v) is 3.93. The van der Waals surface area contributed by atoms with E-state index in [1.807, 2.05) is 44.7 Å². The summed E-state index contributed by atoms with van der Waals surface area (Å²) in [5.41, 5.74) is 2.01. The van der Waals surface area contributed by atoms with Crippen LogP contribution >= 0.6 is 0 Å². The minimum Gasteiger partial charge on any atom is -0.493 e. The van der Waals surface area contributed by atoms with Gasteiger partial charge in [-0.1, -0.05) is 0 Å². The van der Waals surface area contributed by atoms with Crippen LogP contribution in [0.3, 0.4) is 0 Å². The highest BCUT2D eigenvalue weighted by atomic mass is 16.5. The zero-order valence-corrected chi connectivity index (χ0v) is 18.6. The van der Waals surface area contributed by atoms with Crippen LogP contribution < -0.4 is 14.8 Å². The number of carbonyl (C=O) groups is 2. The monoisotopic (exact) mass is 405 g/mol. The van der Waals surface area contributed by atoms with E-state index in [1.165, 1.54) is 0 Å². The van der Waals surface area contributed by atoms with Gasteiger partial charge in [0.1, 0.15) is 0 Å². The minimum absolute atomic E-state index is 0.0104. The van der Waals surface area contributed by atoms with Gasteiger partial charge in [0.2, 0.25) is 5.91 Å². The van der Waals surface area contributed by atoms with Crippen LogP contribution in [0.1, 0.15) is 50.8 Å². The molecule has 1 aromatic rings. The highest BCUT2D eigenvalue weighted by Gasteiger charge is 2.30. The Morgan fingerprint density at radius 2 is 1.83 bits per heavy atom. The third-order valence-corrected chi connectivity index (χ3v) is 5.69. The van der Waals surface area contributed by atoms with Crippen LogP contribution in [0.5, 0.6) is 11.5 Å². The van der Waals surface area contributed by atoms with Gasteiger partial charge < -0.3 is 24.6 Å². The summed E-state index contributed by atoms with van der Waals surface area (Å²) in [5, 5.41) is 3.13. The second-order valence-corrected chi connectivity index (χ2v) is 7.53. The van der Waals surface area contributed by atoms with E-state index < -0.39 is 0 Å². The first kappa shape index (κ1) is 22.8. The molecular weight excluding hydrogens is 370 g/mol. The standard InChI is InChI=1S/C22H35N3O4/c1-7-24(8-2)22(27)25-11-9-10-17(14-25)21(26)23-16(4)18-13-20(29-6)19(28-5)12-15(18)3/h12-13,16-17H,7-11,14H2,1-6H3,(H,23,26)/t16-,17+/m1/s1. The third kappa shape index (κ3) is 5.34. The lowest BCUT2D eigenvalue weighted by atomic mass is 9.95. The lowest BCUT2D eigenvalue weighted by Gasteiger charge is -2.35. The Morgan fingerprint density at radius 3 is 2.41 bits per heavy atom. The number of urea groups is 1. The molecule has 7 nitrogen and oxygen atoms in total. The number of ether oxygens (including phenoxy) is 2. The van der Waals surface area contributed by atoms with Gasteiger partial charge in [0, 0.05) is 26.2 Å². The van der Waals surface area contributed by atoms with E-state index in [1.54, 1.807) is 19.1 Å². The molecule has 29 heavy (non-hydrogen) atoms. The van der Waals surface area contributed by atoms with Gasteiger partial charge in [-0.2, -0.15) is 0 Å². The van der Waals surface area contributed by atoms with Crippen molar-refractivity contribution in [2.45, 2.75) is 46.6 Å². The largest absolute Gasteiger partial charge is 0.493 e. The molecule has 1 aliphatic rings. The maximum Gasteiger partial charge on any atom is 0.320 e. The highest BCUT2D eigenvalue weighted by molar-refractivity contribution is 5.81. The van der Waals surface area contributed by atoms with Crippen molar-refractivity contribution in [1.82, 2.24) is 15.1 Å². The molecule has 1 aromatic carbocycles. The Bertz CT molecular complexity index is 718. The molecule has 2 rings (SSSR count). The van der Waals surface area contributed by atoms with E-state index in [0.717, 1.165) is 24.0 Å². The minimum atomic E-state index is -0.189. The smallest absolute Gasteiger partial charge is 0.320 e. The first-order valence-corrected chi connectivity index (χ1v) is 10.4. The Balaban J connectivity index is 2.07. The van der Waals surface area contributed by atoms with Gasteiger partial charge in [0.15, 0.2) is 11.5 Å². The molecule has 0 saturated carbocycles. The van der Waals surface area contributed by atoms with E-state index in [0.29, 0.717) is 37.7 Å². The molecule has 1 saturated heterocycles. The van der Waals surface area contributed by atoms with Crippen molar-refractivity contribution < 1.29 is 19.1 Å². The predicted molar refractivity (Wildman–Crippen MR) is 113 cm³/mol. The number of methoxy groups -OCH3 is 2. The number of benzene rings is 1. The van der Waals surface area contributed by atoms with Gasteiger partial charge in [-0.3, -0.25) is 4.79 Å². The first-order valence-electron chi connectivity index (χ1n) is 10.4. The molecule has 2 atom stereocenters. The number of likely N-dealkylation sites (tertiary alicyclic amines) is 1. The second-order valence-electron chi connectivity index (χ2n) is 7.53. The Labute approximate surface area is 174 Å². The number of hydrogen-bond donors (Lipinski definition) is 1. The summed E-state index contributed by atoms with van der Waals surface area (Å²) in [5.74, 6) is 1.11. The molecule has 7 heteroatoms. The molecule has 1 N–H and O–H groups in total. The quantitative estimate of drug-likeness (QED) is 0.755. The fraction of sp³-hybridized carbons (Fsp3) is 0.636. The number of piperidine rings is 1. The van der Waals surface area contributed by atoms with Gasteiger partial charge in [-0.25, -0.2) is 4.79 Å². The van der Waals surface area contributed by atoms with E-state index in [4.69, 9.17) is 9.47 Å². The van der Waals surface area contributed by atoms with E-state index in [9.17, 15) is 9.59 Å². The van der Waals surface area contributed by atoms with Crippen LogP contribution in [0.4, 0.5) is 4.79 Å². The molecule has 0 spiro atoms. The maximum atomic E-state index is 12.9.